The smallest absolute Gasteiger partial charge is 0.219 e. The highest BCUT2D eigenvalue weighted by molar-refractivity contribution is 5.73. The van der Waals surface area contributed by atoms with Crippen molar-refractivity contribution in [3.8, 4) is 0 Å². The van der Waals surface area contributed by atoms with Crippen molar-refractivity contribution in [2.45, 2.75) is 46.1 Å². The summed E-state index contributed by atoms with van der Waals surface area (Å²) in [5.74, 6) is 1.00. The maximum atomic E-state index is 11.2. The van der Waals surface area contributed by atoms with E-state index in [9.17, 15) is 4.79 Å². The molecule has 94 valence electrons. The number of likely N-dealkylation sites (tertiary alicyclic amines) is 1. The second-order valence-electron chi connectivity index (χ2n) is 5.40. The molecule has 1 heterocycles. The summed E-state index contributed by atoms with van der Waals surface area (Å²) < 4.78 is 0. The van der Waals surface area contributed by atoms with Crippen LogP contribution in [0.5, 0.6) is 0 Å². The molecular weight excluding hydrogens is 200 g/mol. The van der Waals surface area contributed by atoms with Gasteiger partial charge in [0, 0.05) is 26.1 Å². The maximum Gasteiger partial charge on any atom is 0.219 e. The van der Waals surface area contributed by atoms with Gasteiger partial charge in [-0.2, -0.15) is 0 Å². The Hall–Kier alpha value is -0.570. The van der Waals surface area contributed by atoms with E-state index < -0.39 is 0 Å². The average Bonchev–Trinajstić information content (AvgIpc) is 2.26. The number of amides is 1. The Bertz CT molecular complexity index is 220. The number of carbonyl (C=O) groups excluding carboxylic acids is 1. The molecule has 0 aromatic heterocycles. The molecule has 0 bridgehead atoms. The number of carbonyl (C=O) groups is 1. The van der Waals surface area contributed by atoms with Gasteiger partial charge in [-0.1, -0.05) is 13.8 Å². The summed E-state index contributed by atoms with van der Waals surface area (Å²) in [6.07, 6.45) is 3.53. The van der Waals surface area contributed by atoms with Crippen molar-refractivity contribution in [1.82, 2.24) is 9.80 Å². The monoisotopic (exact) mass is 226 g/mol. The Kier molecular flexibility index (Phi) is 5.26. The summed E-state index contributed by atoms with van der Waals surface area (Å²) in [6, 6.07) is 0.675. The fourth-order valence-corrected chi connectivity index (χ4v) is 2.27. The van der Waals surface area contributed by atoms with Crippen LogP contribution >= 0.6 is 0 Å². The first kappa shape index (κ1) is 13.5. The average molecular weight is 226 g/mol. The van der Waals surface area contributed by atoms with E-state index in [1.165, 1.54) is 13.0 Å². The van der Waals surface area contributed by atoms with Crippen molar-refractivity contribution in [2.75, 3.05) is 26.7 Å². The minimum absolute atomic E-state index is 0.225. The number of nitrogens with zero attached hydrogens (tertiary/aromatic N) is 2. The van der Waals surface area contributed by atoms with Gasteiger partial charge in [0.2, 0.25) is 5.91 Å². The van der Waals surface area contributed by atoms with E-state index >= 15 is 0 Å². The molecule has 16 heavy (non-hydrogen) atoms. The largest absolute Gasteiger partial charge is 0.343 e. The van der Waals surface area contributed by atoms with Crippen molar-refractivity contribution < 1.29 is 4.79 Å². The molecule has 0 aliphatic carbocycles. The highest BCUT2D eigenvalue weighted by Crippen LogP contribution is 2.16. The van der Waals surface area contributed by atoms with Crippen molar-refractivity contribution in [3.05, 3.63) is 0 Å². The summed E-state index contributed by atoms with van der Waals surface area (Å²) >= 11 is 0. The fraction of sp³-hybridized carbons (Fsp3) is 0.923. The lowest BCUT2D eigenvalue weighted by molar-refractivity contribution is -0.130. The van der Waals surface area contributed by atoms with Crippen LogP contribution in [0.1, 0.15) is 40.0 Å². The molecule has 0 N–H and O–H groups in total. The normalized spacial score (nSPS) is 18.5. The first-order valence-electron chi connectivity index (χ1n) is 6.46. The van der Waals surface area contributed by atoms with Crippen molar-refractivity contribution in [1.29, 1.82) is 0 Å². The van der Waals surface area contributed by atoms with Gasteiger partial charge in [-0.15, -0.1) is 0 Å². The van der Waals surface area contributed by atoms with Gasteiger partial charge in [0.15, 0.2) is 0 Å². The number of piperidine rings is 1. The Morgan fingerprint density at radius 1 is 1.38 bits per heavy atom. The second kappa shape index (κ2) is 6.24. The predicted molar refractivity (Wildman–Crippen MR) is 67.4 cm³/mol. The van der Waals surface area contributed by atoms with Gasteiger partial charge in [-0.25, -0.2) is 0 Å². The molecule has 0 spiro atoms. The molecule has 0 radical (unpaired) electrons. The first-order chi connectivity index (χ1) is 7.50. The van der Waals surface area contributed by atoms with E-state index in [0.29, 0.717) is 6.04 Å². The van der Waals surface area contributed by atoms with Crippen molar-refractivity contribution in [3.63, 3.8) is 0 Å². The number of hydrogen-bond acceptors (Lipinski definition) is 2. The zero-order valence-corrected chi connectivity index (χ0v) is 11.2. The summed E-state index contributed by atoms with van der Waals surface area (Å²) in [5, 5.41) is 0. The van der Waals surface area contributed by atoms with E-state index in [4.69, 9.17) is 0 Å². The lowest BCUT2D eigenvalue weighted by Gasteiger charge is -2.36. The molecule has 1 aliphatic rings. The summed E-state index contributed by atoms with van der Waals surface area (Å²) in [6.45, 7) is 9.27. The first-order valence-corrected chi connectivity index (χ1v) is 6.46. The SMILES string of the molecule is CC(=O)N1CCC(N(C)CCC(C)C)CC1. The van der Waals surface area contributed by atoms with Gasteiger partial charge >= 0.3 is 0 Å². The van der Waals surface area contributed by atoms with Crippen LogP contribution in [0, 0.1) is 5.92 Å². The van der Waals surface area contributed by atoms with Gasteiger partial charge in [-0.3, -0.25) is 4.79 Å². The molecule has 1 amide bonds. The molecule has 3 heteroatoms. The fourth-order valence-electron chi connectivity index (χ4n) is 2.27. The third kappa shape index (κ3) is 4.12. The van der Waals surface area contributed by atoms with Crippen LogP contribution in [0.4, 0.5) is 0 Å². The molecule has 0 atom stereocenters. The van der Waals surface area contributed by atoms with E-state index in [0.717, 1.165) is 31.8 Å². The molecule has 0 aromatic carbocycles. The van der Waals surface area contributed by atoms with E-state index in [1.807, 2.05) is 4.90 Å². The minimum atomic E-state index is 0.225. The molecule has 1 fully saturated rings. The summed E-state index contributed by atoms with van der Waals surface area (Å²) in [7, 11) is 2.22. The highest BCUT2D eigenvalue weighted by atomic mass is 16.2. The van der Waals surface area contributed by atoms with Crippen LogP contribution in [-0.2, 0) is 4.79 Å². The minimum Gasteiger partial charge on any atom is -0.343 e. The summed E-state index contributed by atoms with van der Waals surface area (Å²) in [4.78, 5) is 15.6. The predicted octanol–water partition coefficient (Wildman–Crippen LogP) is 1.98. The highest BCUT2D eigenvalue weighted by Gasteiger charge is 2.23. The van der Waals surface area contributed by atoms with Crippen LogP contribution in [0.2, 0.25) is 0 Å². The van der Waals surface area contributed by atoms with Crippen molar-refractivity contribution in [2.24, 2.45) is 5.92 Å². The Morgan fingerprint density at radius 3 is 2.38 bits per heavy atom. The molecule has 0 saturated carbocycles. The lowest BCUT2D eigenvalue weighted by Crippen LogP contribution is -2.45. The van der Waals surface area contributed by atoms with Crippen LogP contribution in [0.3, 0.4) is 0 Å². The van der Waals surface area contributed by atoms with E-state index in [-0.39, 0.29) is 5.91 Å². The van der Waals surface area contributed by atoms with Gasteiger partial charge in [0.05, 0.1) is 0 Å². The summed E-state index contributed by atoms with van der Waals surface area (Å²) in [5.41, 5.74) is 0. The third-order valence-corrected chi connectivity index (χ3v) is 3.59. The number of rotatable bonds is 4. The molecule has 1 saturated heterocycles. The Balaban J connectivity index is 2.27. The van der Waals surface area contributed by atoms with Gasteiger partial charge in [0.1, 0.15) is 0 Å². The zero-order chi connectivity index (χ0) is 12.1. The quantitative estimate of drug-likeness (QED) is 0.732. The Labute approximate surface area is 99.8 Å². The van der Waals surface area contributed by atoms with Crippen LogP contribution in [-0.4, -0.2) is 48.4 Å². The van der Waals surface area contributed by atoms with Crippen LogP contribution < -0.4 is 0 Å². The van der Waals surface area contributed by atoms with Gasteiger partial charge in [0.25, 0.3) is 0 Å². The molecule has 0 unspecified atom stereocenters. The standard InChI is InChI=1S/C13H26N2O/c1-11(2)5-8-14(4)13-6-9-15(10-7-13)12(3)16/h11,13H,5-10H2,1-4H3. The lowest BCUT2D eigenvalue weighted by atomic mass is 10.0. The maximum absolute atomic E-state index is 11.2. The second-order valence-corrected chi connectivity index (χ2v) is 5.40. The molecular formula is C13H26N2O. The van der Waals surface area contributed by atoms with E-state index in [1.54, 1.807) is 6.92 Å². The van der Waals surface area contributed by atoms with Gasteiger partial charge in [-0.05, 0) is 38.8 Å². The molecule has 1 rings (SSSR count). The number of hydrogen-bond donors (Lipinski definition) is 0. The van der Waals surface area contributed by atoms with Crippen LogP contribution in [0.15, 0.2) is 0 Å². The van der Waals surface area contributed by atoms with Crippen LogP contribution in [0.25, 0.3) is 0 Å². The third-order valence-electron chi connectivity index (χ3n) is 3.59. The Morgan fingerprint density at radius 2 is 1.94 bits per heavy atom. The topological polar surface area (TPSA) is 23.6 Å². The zero-order valence-electron chi connectivity index (χ0n) is 11.2. The van der Waals surface area contributed by atoms with Gasteiger partial charge < -0.3 is 9.80 Å². The molecule has 1 aliphatic heterocycles. The van der Waals surface area contributed by atoms with E-state index in [2.05, 4.69) is 25.8 Å². The van der Waals surface area contributed by atoms with Crippen molar-refractivity contribution >= 4 is 5.91 Å². The molecule has 0 aromatic rings. The molecule has 3 nitrogen and oxygen atoms in total.